The van der Waals surface area contributed by atoms with Crippen LogP contribution in [0.15, 0.2) is 30.3 Å². The standard InChI is InChI=1S/C21H19F3N4O4S/c22-21(23,24)17-3-1-2-13(25-17)18(30)26-14-9-16-15(8-12(14)19(31)32)27-20(33-16)28-6-4-11(10-29)5-7-28/h1-3,8-9,11,29H,4-7,10H2,(H,26,30)(H,31,32). The van der Waals surface area contributed by atoms with Crippen LogP contribution in [0.3, 0.4) is 0 Å². The highest BCUT2D eigenvalue weighted by Gasteiger charge is 2.33. The molecule has 2 aromatic heterocycles. The number of aliphatic hydroxyl groups excluding tert-OH is 1. The van der Waals surface area contributed by atoms with Gasteiger partial charge in [-0.05, 0) is 43.0 Å². The van der Waals surface area contributed by atoms with Crippen LogP contribution in [0.1, 0.15) is 39.4 Å². The van der Waals surface area contributed by atoms with Crippen LogP contribution >= 0.6 is 11.3 Å². The molecule has 8 nitrogen and oxygen atoms in total. The predicted octanol–water partition coefficient (Wildman–Crippen LogP) is 3.87. The lowest BCUT2D eigenvalue weighted by molar-refractivity contribution is -0.141. The summed E-state index contributed by atoms with van der Waals surface area (Å²) in [6.45, 7) is 1.56. The van der Waals surface area contributed by atoms with Crippen molar-refractivity contribution >= 4 is 44.2 Å². The van der Waals surface area contributed by atoms with Crippen LogP contribution < -0.4 is 10.2 Å². The van der Waals surface area contributed by atoms with E-state index >= 15 is 0 Å². The van der Waals surface area contributed by atoms with Gasteiger partial charge >= 0.3 is 12.1 Å². The lowest BCUT2D eigenvalue weighted by atomic mass is 9.98. The van der Waals surface area contributed by atoms with Gasteiger partial charge in [-0.1, -0.05) is 17.4 Å². The van der Waals surface area contributed by atoms with Crippen LogP contribution in [0, 0.1) is 5.92 Å². The van der Waals surface area contributed by atoms with E-state index in [1.54, 1.807) is 0 Å². The largest absolute Gasteiger partial charge is 0.478 e. The topological polar surface area (TPSA) is 116 Å². The van der Waals surface area contributed by atoms with Crippen molar-refractivity contribution < 1.29 is 33.0 Å². The summed E-state index contributed by atoms with van der Waals surface area (Å²) in [7, 11) is 0. The number of fused-ring (bicyclic) bond motifs is 1. The number of carboxylic acid groups (broad SMARTS) is 1. The van der Waals surface area contributed by atoms with Gasteiger partial charge < -0.3 is 20.4 Å². The highest BCUT2D eigenvalue weighted by Crippen LogP contribution is 2.35. The van der Waals surface area contributed by atoms with Gasteiger partial charge in [-0.15, -0.1) is 0 Å². The van der Waals surface area contributed by atoms with Gasteiger partial charge in [0.25, 0.3) is 5.91 Å². The van der Waals surface area contributed by atoms with Crippen LogP contribution in [0.4, 0.5) is 24.0 Å². The zero-order valence-electron chi connectivity index (χ0n) is 17.1. The van der Waals surface area contributed by atoms with Gasteiger partial charge in [0.1, 0.15) is 11.4 Å². The second kappa shape index (κ2) is 8.94. The Morgan fingerprint density at radius 3 is 2.55 bits per heavy atom. The first kappa shape index (κ1) is 22.9. The molecular formula is C21H19F3N4O4S. The summed E-state index contributed by atoms with van der Waals surface area (Å²) in [5, 5.41) is 22.0. The van der Waals surface area contributed by atoms with Crippen LogP contribution in [-0.4, -0.2) is 51.8 Å². The molecule has 0 unspecified atom stereocenters. The smallest absolute Gasteiger partial charge is 0.433 e. The number of piperidine rings is 1. The van der Waals surface area contributed by atoms with Gasteiger partial charge in [0.15, 0.2) is 5.13 Å². The Bertz CT molecular complexity index is 1210. The van der Waals surface area contributed by atoms with Crippen molar-refractivity contribution in [2.45, 2.75) is 19.0 Å². The van der Waals surface area contributed by atoms with Crippen molar-refractivity contribution in [1.29, 1.82) is 0 Å². The van der Waals surface area contributed by atoms with Gasteiger partial charge in [-0.2, -0.15) is 13.2 Å². The Hall–Kier alpha value is -3.25. The fourth-order valence-electron chi connectivity index (χ4n) is 3.59. The summed E-state index contributed by atoms with van der Waals surface area (Å²) in [5.74, 6) is -2.03. The molecule has 0 atom stereocenters. The zero-order valence-corrected chi connectivity index (χ0v) is 17.9. The maximum Gasteiger partial charge on any atom is 0.433 e. The summed E-state index contributed by atoms with van der Waals surface area (Å²) in [6.07, 6.45) is -3.08. The van der Waals surface area contributed by atoms with Gasteiger partial charge in [0, 0.05) is 19.7 Å². The summed E-state index contributed by atoms with van der Waals surface area (Å²) in [4.78, 5) is 34.2. The zero-order chi connectivity index (χ0) is 23.8. The number of thiazole rings is 1. The fourth-order valence-corrected chi connectivity index (χ4v) is 4.63. The minimum Gasteiger partial charge on any atom is -0.478 e. The van der Waals surface area contributed by atoms with Gasteiger partial charge in [-0.3, -0.25) is 4.79 Å². The van der Waals surface area contributed by atoms with Gasteiger partial charge in [-0.25, -0.2) is 14.8 Å². The number of carbonyl (C=O) groups is 2. The molecule has 1 aliphatic rings. The fraction of sp³-hybridized carbons (Fsp3) is 0.333. The van der Waals surface area contributed by atoms with Crippen LogP contribution in [0.25, 0.3) is 10.2 Å². The number of carbonyl (C=O) groups excluding carboxylic acids is 1. The molecule has 1 fully saturated rings. The molecule has 0 saturated carbocycles. The number of aromatic nitrogens is 2. The first-order valence-corrected chi connectivity index (χ1v) is 10.9. The molecule has 0 bridgehead atoms. The average molecular weight is 480 g/mol. The van der Waals surface area contributed by atoms with E-state index in [1.807, 2.05) is 0 Å². The van der Waals surface area contributed by atoms with Crippen LogP contribution in [-0.2, 0) is 6.18 Å². The van der Waals surface area contributed by atoms with Gasteiger partial charge in [0.2, 0.25) is 0 Å². The van der Waals surface area contributed by atoms with E-state index in [9.17, 15) is 33.0 Å². The molecule has 3 heterocycles. The third-order valence-electron chi connectivity index (χ3n) is 5.41. The lowest BCUT2D eigenvalue weighted by Gasteiger charge is -2.30. The number of carboxylic acids is 1. The number of hydrogen-bond acceptors (Lipinski definition) is 7. The molecule has 1 saturated heterocycles. The average Bonchev–Trinajstić information content (AvgIpc) is 3.21. The molecule has 0 spiro atoms. The second-order valence-electron chi connectivity index (χ2n) is 7.64. The number of anilines is 2. The van der Waals surface area contributed by atoms with Crippen molar-refractivity contribution in [2.75, 3.05) is 29.9 Å². The number of pyridine rings is 1. The molecule has 1 amide bonds. The number of halogens is 3. The molecule has 174 valence electrons. The van der Waals surface area contributed by atoms with E-state index in [0.29, 0.717) is 28.4 Å². The van der Waals surface area contributed by atoms with Crippen molar-refractivity contribution in [1.82, 2.24) is 9.97 Å². The Morgan fingerprint density at radius 2 is 1.91 bits per heavy atom. The Kier molecular flexibility index (Phi) is 6.21. The number of alkyl halides is 3. The number of benzene rings is 1. The van der Waals surface area contributed by atoms with Crippen molar-refractivity contribution in [3.63, 3.8) is 0 Å². The number of aromatic carboxylic acids is 1. The number of nitrogens with zero attached hydrogens (tertiary/aromatic N) is 3. The number of hydrogen-bond donors (Lipinski definition) is 3. The highest BCUT2D eigenvalue weighted by atomic mass is 32.1. The molecule has 1 aromatic carbocycles. The number of nitrogens with one attached hydrogen (secondary N) is 1. The second-order valence-corrected chi connectivity index (χ2v) is 8.65. The normalized spacial score (nSPS) is 15.1. The predicted molar refractivity (Wildman–Crippen MR) is 116 cm³/mol. The molecular weight excluding hydrogens is 461 g/mol. The van der Waals surface area contributed by atoms with E-state index in [0.717, 1.165) is 31.0 Å². The first-order valence-electron chi connectivity index (χ1n) is 10.0. The summed E-state index contributed by atoms with van der Waals surface area (Å²) in [5.41, 5.74) is -1.57. The van der Waals surface area contributed by atoms with Gasteiger partial charge in [0.05, 0.1) is 21.5 Å². The number of amides is 1. The SMILES string of the molecule is O=C(Nc1cc2sc(N3CCC(CO)CC3)nc2cc1C(=O)O)c1cccc(C(F)(F)F)n1. The summed E-state index contributed by atoms with van der Waals surface area (Å²) in [6, 6.07) is 5.69. The molecule has 1 aliphatic heterocycles. The molecule has 33 heavy (non-hydrogen) atoms. The summed E-state index contributed by atoms with van der Waals surface area (Å²) >= 11 is 1.32. The molecule has 12 heteroatoms. The third-order valence-corrected chi connectivity index (χ3v) is 6.49. The minimum atomic E-state index is -4.72. The maximum absolute atomic E-state index is 12.9. The van der Waals surface area contributed by atoms with E-state index < -0.39 is 29.4 Å². The molecule has 0 aliphatic carbocycles. The van der Waals surface area contributed by atoms with Crippen LogP contribution in [0.5, 0.6) is 0 Å². The minimum absolute atomic E-state index is 0.0617. The highest BCUT2D eigenvalue weighted by molar-refractivity contribution is 7.22. The number of rotatable bonds is 5. The van der Waals surface area contributed by atoms with Crippen molar-refractivity contribution in [3.05, 3.63) is 47.3 Å². The first-order chi connectivity index (χ1) is 15.7. The Labute approximate surface area is 189 Å². The van der Waals surface area contributed by atoms with E-state index in [1.165, 1.54) is 23.5 Å². The maximum atomic E-state index is 12.9. The van der Waals surface area contributed by atoms with E-state index in [-0.39, 0.29) is 23.8 Å². The Balaban J connectivity index is 1.62. The van der Waals surface area contributed by atoms with E-state index in [2.05, 4.69) is 20.2 Å². The Morgan fingerprint density at radius 1 is 1.18 bits per heavy atom. The molecule has 4 rings (SSSR count). The monoisotopic (exact) mass is 480 g/mol. The van der Waals surface area contributed by atoms with Crippen molar-refractivity contribution in [2.24, 2.45) is 5.92 Å². The third kappa shape index (κ3) is 4.91. The van der Waals surface area contributed by atoms with Crippen LogP contribution in [0.2, 0.25) is 0 Å². The van der Waals surface area contributed by atoms with Crippen molar-refractivity contribution in [3.8, 4) is 0 Å². The lowest BCUT2D eigenvalue weighted by Crippen LogP contribution is -2.34. The molecule has 3 N–H and O–H groups in total. The van der Waals surface area contributed by atoms with E-state index in [4.69, 9.17) is 0 Å². The molecule has 0 radical (unpaired) electrons. The molecule has 3 aromatic rings. The number of aliphatic hydroxyl groups is 1. The quantitative estimate of drug-likeness (QED) is 0.508. The summed E-state index contributed by atoms with van der Waals surface area (Å²) < 4.78 is 39.3.